The molecule has 0 aliphatic carbocycles. The summed E-state index contributed by atoms with van der Waals surface area (Å²) in [6, 6.07) is 0. The minimum absolute atomic E-state index is 0.0204. The Balaban J connectivity index is 1.53. The third-order valence-corrected chi connectivity index (χ3v) is 3.31. The Morgan fingerprint density at radius 3 is 2.63 bits per heavy atom. The van der Waals surface area contributed by atoms with Crippen LogP contribution in [0, 0.1) is 0 Å². The Labute approximate surface area is 112 Å². The molecule has 0 atom stereocenters. The van der Waals surface area contributed by atoms with Crippen molar-refractivity contribution in [3.8, 4) is 0 Å². The number of morpholine rings is 1. The van der Waals surface area contributed by atoms with Crippen LogP contribution in [0.25, 0.3) is 0 Å². The van der Waals surface area contributed by atoms with Crippen LogP contribution in [0.3, 0.4) is 0 Å². The van der Waals surface area contributed by atoms with Gasteiger partial charge in [-0.25, -0.2) is 4.79 Å². The SMILES string of the molecule is O=C(CCN1CCOC1=O)NCCN1CCOCC1. The molecule has 7 heteroatoms. The average Bonchev–Trinajstić information content (AvgIpc) is 2.83. The van der Waals surface area contributed by atoms with Crippen LogP contribution in [-0.4, -0.2) is 80.9 Å². The summed E-state index contributed by atoms with van der Waals surface area (Å²) in [5.74, 6) is -0.0204. The molecule has 0 unspecified atom stereocenters. The van der Waals surface area contributed by atoms with Gasteiger partial charge in [0.2, 0.25) is 5.91 Å². The molecule has 108 valence electrons. The number of ether oxygens (including phenoxy) is 2. The number of amides is 2. The van der Waals surface area contributed by atoms with Crippen molar-refractivity contribution in [2.24, 2.45) is 0 Å². The zero-order chi connectivity index (χ0) is 13.5. The summed E-state index contributed by atoms with van der Waals surface area (Å²) in [6.07, 6.45) is 0.0131. The molecule has 2 aliphatic rings. The van der Waals surface area contributed by atoms with E-state index in [9.17, 15) is 9.59 Å². The summed E-state index contributed by atoms with van der Waals surface area (Å²) >= 11 is 0. The Morgan fingerprint density at radius 2 is 1.95 bits per heavy atom. The normalized spacial score (nSPS) is 20.4. The maximum Gasteiger partial charge on any atom is 0.409 e. The molecule has 0 saturated carbocycles. The molecule has 0 aromatic rings. The van der Waals surface area contributed by atoms with Crippen LogP contribution >= 0.6 is 0 Å². The highest BCUT2D eigenvalue weighted by Crippen LogP contribution is 2.03. The smallest absolute Gasteiger partial charge is 0.409 e. The highest BCUT2D eigenvalue weighted by Gasteiger charge is 2.22. The van der Waals surface area contributed by atoms with Crippen molar-refractivity contribution < 1.29 is 19.1 Å². The van der Waals surface area contributed by atoms with Crippen LogP contribution in [0.4, 0.5) is 4.79 Å². The molecule has 19 heavy (non-hydrogen) atoms. The summed E-state index contributed by atoms with van der Waals surface area (Å²) in [5, 5.41) is 2.87. The van der Waals surface area contributed by atoms with E-state index in [2.05, 4.69) is 10.2 Å². The van der Waals surface area contributed by atoms with Gasteiger partial charge in [-0.15, -0.1) is 0 Å². The third-order valence-electron chi connectivity index (χ3n) is 3.31. The molecule has 0 spiro atoms. The van der Waals surface area contributed by atoms with E-state index in [1.165, 1.54) is 0 Å². The first kappa shape index (κ1) is 14.1. The fraction of sp³-hybridized carbons (Fsp3) is 0.833. The van der Waals surface area contributed by atoms with Gasteiger partial charge in [-0.05, 0) is 0 Å². The molecule has 2 heterocycles. The molecular weight excluding hydrogens is 250 g/mol. The van der Waals surface area contributed by atoms with Crippen LogP contribution in [0.5, 0.6) is 0 Å². The van der Waals surface area contributed by atoms with Crippen molar-refractivity contribution in [2.75, 3.05) is 59.1 Å². The van der Waals surface area contributed by atoms with E-state index in [4.69, 9.17) is 9.47 Å². The Hall–Kier alpha value is -1.34. The fourth-order valence-electron chi connectivity index (χ4n) is 2.13. The summed E-state index contributed by atoms with van der Waals surface area (Å²) < 4.78 is 10.0. The third kappa shape index (κ3) is 4.68. The number of carbonyl (C=O) groups is 2. The second kappa shape index (κ2) is 7.30. The summed E-state index contributed by atoms with van der Waals surface area (Å²) in [4.78, 5) is 26.6. The lowest BCUT2D eigenvalue weighted by molar-refractivity contribution is -0.121. The number of cyclic esters (lactones) is 1. The summed E-state index contributed by atoms with van der Waals surface area (Å²) in [6.45, 7) is 6.32. The topological polar surface area (TPSA) is 71.1 Å². The number of hydrogen-bond acceptors (Lipinski definition) is 5. The van der Waals surface area contributed by atoms with E-state index in [1.807, 2.05) is 0 Å². The molecule has 0 radical (unpaired) electrons. The minimum Gasteiger partial charge on any atom is -0.448 e. The zero-order valence-electron chi connectivity index (χ0n) is 11.1. The van der Waals surface area contributed by atoms with E-state index < -0.39 is 0 Å². The summed E-state index contributed by atoms with van der Waals surface area (Å²) in [5.41, 5.74) is 0. The molecule has 2 fully saturated rings. The van der Waals surface area contributed by atoms with Gasteiger partial charge in [0.15, 0.2) is 0 Å². The van der Waals surface area contributed by atoms with Gasteiger partial charge < -0.3 is 19.7 Å². The number of nitrogens with one attached hydrogen (secondary N) is 1. The first-order chi connectivity index (χ1) is 9.25. The van der Waals surface area contributed by atoms with E-state index in [-0.39, 0.29) is 12.0 Å². The number of rotatable bonds is 6. The van der Waals surface area contributed by atoms with Crippen molar-refractivity contribution in [1.29, 1.82) is 0 Å². The lowest BCUT2D eigenvalue weighted by atomic mass is 10.3. The van der Waals surface area contributed by atoms with Gasteiger partial charge in [-0.2, -0.15) is 0 Å². The van der Waals surface area contributed by atoms with Crippen molar-refractivity contribution in [3.05, 3.63) is 0 Å². The molecule has 1 N–H and O–H groups in total. The van der Waals surface area contributed by atoms with Gasteiger partial charge in [0.25, 0.3) is 0 Å². The molecule has 2 aliphatic heterocycles. The van der Waals surface area contributed by atoms with E-state index in [0.29, 0.717) is 32.7 Å². The summed E-state index contributed by atoms with van der Waals surface area (Å²) in [7, 11) is 0. The van der Waals surface area contributed by atoms with Crippen LogP contribution in [0.1, 0.15) is 6.42 Å². The van der Waals surface area contributed by atoms with Crippen molar-refractivity contribution in [2.45, 2.75) is 6.42 Å². The van der Waals surface area contributed by atoms with Crippen molar-refractivity contribution in [1.82, 2.24) is 15.1 Å². The lowest BCUT2D eigenvalue weighted by Crippen LogP contribution is -2.41. The predicted octanol–water partition coefficient (Wildman–Crippen LogP) is -0.723. The van der Waals surface area contributed by atoms with Gasteiger partial charge in [-0.1, -0.05) is 0 Å². The van der Waals surface area contributed by atoms with Gasteiger partial charge in [0.05, 0.1) is 19.8 Å². The average molecular weight is 271 g/mol. The molecule has 0 bridgehead atoms. The largest absolute Gasteiger partial charge is 0.448 e. The van der Waals surface area contributed by atoms with Gasteiger partial charge in [-0.3, -0.25) is 9.69 Å². The van der Waals surface area contributed by atoms with Crippen molar-refractivity contribution >= 4 is 12.0 Å². The van der Waals surface area contributed by atoms with Gasteiger partial charge in [0, 0.05) is 39.1 Å². The van der Waals surface area contributed by atoms with Crippen LogP contribution in [0.2, 0.25) is 0 Å². The van der Waals surface area contributed by atoms with E-state index in [1.54, 1.807) is 4.90 Å². The number of nitrogens with zero attached hydrogens (tertiary/aromatic N) is 2. The first-order valence-electron chi connectivity index (χ1n) is 6.74. The lowest BCUT2D eigenvalue weighted by Gasteiger charge is -2.26. The Kier molecular flexibility index (Phi) is 5.41. The standard InChI is InChI=1S/C12H21N3O4/c16-11(1-3-15-7-10-19-12(15)17)13-2-4-14-5-8-18-9-6-14/h1-10H2,(H,13,16). The van der Waals surface area contributed by atoms with Crippen LogP contribution in [0.15, 0.2) is 0 Å². The Bertz CT molecular complexity index is 318. The molecule has 7 nitrogen and oxygen atoms in total. The number of carbonyl (C=O) groups excluding carboxylic acids is 2. The number of hydrogen-bond donors (Lipinski definition) is 1. The second-order valence-electron chi connectivity index (χ2n) is 4.66. The van der Waals surface area contributed by atoms with Crippen molar-refractivity contribution in [3.63, 3.8) is 0 Å². The van der Waals surface area contributed by atoms with Crippen LogP contribution < -0.4 is 5.32 Å². The van der Waals surface area contributed by atoms with Crippen LogP contribution in [-0.2, 0) is 14.3 Å². The zero-order valence-corrected chi connectivity index (χ0v) is 11.1. The second-order valence-corrected chi connectivity index (χ2v) is 4.66. The molecule has 0 aromatic carbocycles. The quantitative estimate of drug-likeness (QED) is 0.690. The van der Waals surface area contributed by atoms with E-state index in [0.717, 1.165) is 32.8 Å². The molecule has 2 amide bonds. The predicted molar refractivity (Wildman–Crippen MR) is 67.8 cm³/mol. The first-order valence-corrected chi connectivity index (χ1v) is 6.74. The highest BCUT2D eigenvalue weighted by atomic mass is 16.6. The monoisotopic (exact) mass is 271 g/mol. The highest BCUT2D eigenvalue weighted by molar-refractivity contribution is 5.77. The maximum absolute atomic E-state index is 11.6. The molecule has 2 rings (SSSR count). The fourth-order valence-corrected chi connectivity index (χ4v) is 2.13. The van der Waals surface area contributed by atoms with E-state index >= 15 is 0 Å². The molecular formula is C12H21N3O4. The van der Waals surface area contributed by atoms with Gasteiger partial charge in [0.1, 0.15) is 6.61 Å². The van der Waals surface area contributed by atoms with Gasteiger partial charge >= 0.3 is 6.09 Å². The molecule has 2 saturated heterocycles. The molecule has 0 aromatic heterocycles. The maximum atomic E-state index is 11.6. The minimum atomic E-state index is -0.318. The Morgan fingerprint density at radius 1 is 1.16 bits per heavy atom.